The van der Waals surface area contributed by atoms with E-state index < -0.39 is 39.6 Å². The highest BCUT2D eigenvalue weighted by atomic mass is 19.2. The Bertz CT molecular complexity index is 1520. The zero-order chi connectivity index (χ0) is 33.6. The lowest BCUT2D eigenvalue weighted by Crippen LogP contribution is -2.67. The smallest absolute Gasteiger partial charge is 0.317 e. The highest BCUT2D eigenvalue weighted by molar-refractivity contribution is 6.10. The van der Waals surface area contributed by atoms with E-state index in [2.05, 4.69) is 37.4 Å². The molecule has 7 aliphatic rings. The molecule has 2 bridgehead atoms. The Morgan fingerprint density at radius 1 is 1.02 bits per heavy atom. The summed E-state index contributed by atoms with van der Waals surface area (Å²) in [6.07, 6.45) is 12.4. The summed E-state index contributed by atoms with van der Waals surface area (Å²) in [5.41, 5.74) is -2.67. The fourth-order valence-corrected chi connectivity index (χ4v) is 11.3. The van der Waals surface area contributed by atoms with E-state index in [4.69, 9.17) is 4.74 Å². The van der Waals surface area contributed by atoms with Crippen LogP contribution in [0.25, 0.3) is 0 Å². The van der Waals surface area contributed by atoms with E-state index in [1.807, 2.05) is 13.8 Å². The third-order valence-electron chi connectivity index (χ3n) is 13.7. The Hall–Kier alpha value is -2.62. The second-order valence-electron chi connectivity index (χ2n) is 16.4. The predicted molar refractivity (Wildman–Crippen MR) is 173 cm³/mol. The Balaban J connectivity index is 1.31. The summed E-state index contributed by atoms with van der Waals surface area (Å²) in [5.74, 6) is -2.45. The number of fused-ring (bicyclic) bond motifs is 1. The average molecular weight is 653 g/mol. The van der Waals surface area contributed by atoms with Gasteiger partial charge < -0.3 is 25.2 Å². The van der Waals surface area contributed by atoms with Gasteiger partial charge in [0.05, 0.1) is 24.4 Å². The first kappa shape index (κ1) is 32.9. The molecule has 6 aliphatic carbocycles. The second kappa shape index (κ2) is 11.2. The molecule has 1 aliphatic heterocycles. The largest absolute Gasteiger partial charge is 0.393 e. The summed E-state index contributed by atoms with van der Waals surface area (Å²) in [4.78, 5) is 29.9. The Kier molecular flexibility index (Phi) is 7.85. The lowest BCUT2D eigenvalue weighted by atomic mass is 9.32. The molecule has 3 N–H and O–H groups in total. The van der Waals surface area contributed by atoms with Crippen LogP contribution in [-0.4, -0.2) is 70.5 Å². The molecule has 47 heavy (non-hydrogen) atoms. The normalized spacial score (nSPS) is 41.7. The molecular weight excluding hydrogens is 602 g/mol. The molecule has 256 valence electrons. The molecule has 9 atom stereocenters. The number of rotatable bonds is 7. The number of aliphatic hydroxyl groups excluding tert-OH is 1. The Morgan fingerprint density at radius 3 is 2.45 bits per heavy atom. The van der Waals surface area contributed by atoms with Gasteiger partial charge in [-0.3, -0.25) is 4.79 Å². The number of nitrogens with zero attached hydrogens (tertiary/aromatic N) is 1. The van der Waals surface area contributed by atoms with Crippen LogP contribution in [0.4, 0.5) is 13.6 Å². The van der Waals surface area contributed by atoms with Crippen molar-refractivity contribution < 1.29 is 33.3 Å². The first-order valence-corrected chi connectivity index (χ1v) is 17.7. The number of urea groups is 1. The summed E-state index contributed by atoms with van der Waals surface area (Å²) < 4.78 is 34.4. The van der Waals surface area contributed by atoms with Gasteiger partial charge in [0.15, 0.2) is 17.4 Å². The number of hydrogen-bond acceptors (Lipinski definition) is 5. The molecule has 4 fully saturated rings. The molecule has 2 spiro atoms. The summed E-state index contributed by atoms with van der Waals surface area (Å²) in [6.45, 7) is 9.52. The van der Waals surface area contributed by atoms with Crippen molar-refractivity contribution in [2.24, 2.45) is 33.5 Å². The van der Waals surface area contributed by atoms with Crippen molar-refractivity contribution in [3.8, 4) is 0 Å². The third kappa shape index (κ3) is 4.73. The van der Waals surface area contributed by atoms with Gasteiger partial charge in [0.2, 0.25) is 0 Å². The van der Waals surface area contributed by atoms with Crippen molar-refractivity contribution in [3.05, 3.63) is 59.2 Å². The highest BCUT2D eigenvalue weighted by Crippen LogP contribution is 2.78. The zero-order valence-corrected chi connectivity index (χ0v) is 28.2. The van der Waals surface area contributed by atoms with E-state index in [1.54, 1.807) is 4.90 Å². The number of aliphatic hydroxyl groups is 2. The number of halogens is 2. The van der Waals surface area contributed by atoms with Crippen molar-refractivity contribution in [1.82, 2.24) is 10.2 Å². The molecule has 2 amide bonds. The summed E-state index contributed by atoms with van der Waals surface area (Å²) in [7, 11) is 0. The molecule has 1 aromatic carbocycles. The van der Waals surface area contributed by atoms with Gasteiger partial charge in [0.25, 0.3) is 0 Å². The molecular formula is C38H50F2N2O5. The van der Waals surface area contributed by atoms with Crippen LogP contribution >= 0.6 is 0 Å². The highest BCUT2D eigenvalue weighted by Gasteiger charge is 2.74. The molecule has 0 aromatic heterocycles. The fraction of sp³-hybridized carbons (Fsp3) is 0.684. The van der Waals surface area contributed by atoms with Crippen LogP contribution in [0.15, 0.2) is 42.0 Å². The molecule has 9 heteroatoms. The minimum absolute atomic E-state index is 0.0643. The van der Waals surface area contributed by atoms with Gasteiger partial charge in [-0.05, 0) is 107 Å². The van der Waals surface area contributed by atoms with E-state index in [0.29, 0.717) is 44.4 Å². The lowest BCUT2D eigenvalue weighted by Gasteiger charge is -2.71. The van der Waals surface area contributed by atoms with E-state index in [9.17, 15) is 28.6 Å². The molecule has 8 rings (SSSR count). The predicted octanol–water partition coefficient (Wildman–Crippen LogP) is 6.34. The SMILES string of the molecule is CC(C)NC(=O)N(C[C@H]1CCCO1)C[C@]1(O)CC[C@H]2[C@]34C=C[C@@]5(C=C3C(=O)c3ccc(F)c(F)c3)CC(O)CC[C@]5(C)[C@H]4CC[C@@]21C. The lowest BCUT2D eigenvalue weighted by molar-refractivity contribution is -0.175. The van der Waals surface area contributed by atoms with E-state index in [1.165, 1.54) is 6.07 Å². The maximum Gasteiger partial charge on any atom is 0.317 e. The molecule has 1 unspecified atom stereocenters. The van der Waals surface area contributed by atoms with Crippen LogP contribution in [0, 0.1) is 45.1 Å². The number of benzene rings is 1. The maximum atomic E-state index is 14.6. The van der Waals surface area contributed by atoms with Crippen LogP contribution in [0.2, 0.25) is 0 Å². The molecule has 1 aromatic rings. The van der Waals surface area contributed by atoms with Gasteiger partial charge in [-0.1, -0.05) is 32.1 Å². The monoisotopic (exact) mass is 652 g/mol. The summed E-state index contributed by atoms with van der Waals surface area (Å²) in [6, 6.07) is 3.07. The maximum absolute atomic E-state index is 14.6. The number of allylic oxidation sites excluding steroid dienone is 4. The average Bonchev–Trinajstić information content (AvgIpc) is 3.63. The number of ether oxygens (including phenoxy) is 1. The van der Waals surface area contributed by atoms with Gasteiger partial charge in [-0.25, -0.2) is 13.6 Å². The van der Waals surface area contributed by atoms with Crippen molar-refractivity contribution in [1.29, 1.82) is 0 Å². The van der Waals surface area contributed by atoms with Crippen LogP contribution < -0.4 is 5.32 Å². The first-order valence-electron chi connectivity index (χ1n) is 17.7. The Morgan fingerprint density at radius 2 is 1.74 bits per heavy atom. The number of ketones is 1. The topological polar surface area (TPSA) is 99.1 Å². The van der Waals surface area contributed by atoms with Crippen LogP contribution in [-0.2, 0) is 4.74 Å². The summed E-state index contributed by atoms with van der Waals surface area (Å²) in [5, 5.41) is 26.7. The number of carbonyl (C=O) groups is 2. The zero-order valence-electron chi connectivity index (χ0n) is 28.2. The standard InChI is InChI=1S/C38H50F2N2O5/c1-23(2)41-33(45)42(21-26-6-5-17-47-26)22-37(46)14-11-31-35(37,4)13-10-30-34(3)12-9-25(43)19-36(34)15-16-38(30,31)27(20-36)32(44)24-7-8-28(39)29(40)18-24/h7-8,15-16,18,20,23,25-26,30-31,43,46H,5-6,9-14,17,19,21-22H2,1-4H3,(H,41,45)/t25?,26-,30-,31-,34-,35+,36+,37-,38-/m1/s1. The number of Topliss-reactive ketones (excluding diaryl/α,β-unsaturated/α-hetero) is 1. The van der Waals surface area contributed by atoms with Gasteiger partial charge >= 0.3 is 6.03 Å². The van der Waals surface area contributed by atoms with Crippen LogP contribution in [0.5, 0.6) is 0 Å². The van der Waals surface area contributed by atoms with Crippen molar-refractivity contribution in [2.75, 3.05) is 19.7 Å². The number of amides is 2. The second-order valence-corrected chi connectivity index (χ2v) is 16.4. The van der Waals surface area contributed by atoms with Gasteiger partial charge in [0, 0.05) is 46.6 Å². The van der Waals surface area contributed by atoms with E-state index >= 15 is 0 Å². The number of nitrogens with one attached hydrogen (secondary N) is 1. The quantitative estimate of drug-likeness (QED) is 0.236. The van der Waals surface area contributed by atoms with Crippen LogP contribution in [0.3, 0.4) is 0 Å². The van der Waals surface area contributed by atoms with Gasteiger partial charge in [0.1, 0.15) is 0 Å². The number of hydrogen-bond donors (Lipinski definition) is 3. The molecule has 3 saturated carbocycles. The minimum Gasteiger partial charge on any atom is -0.393 e. The van der Waals surface area contributed by atoms with E-state index in [-0.39, 0.29) is 53.3 Å². The molecule has 1 saturated heterocycles. The molecule has 0 radical (unpaired) electrons. The minimum atomic E-state index is -1.22. The van der Waals surface area contributed by atoms with Crippen molar-refractivity contribution >= 4 is 11.8 Å². The fourth-order valence-electron chi connectivity index (χ4n) is 11.3. The van der Waals surface area contributed by atoms with Crippen molar-refractivity contribution in [2.45, 2.75) is 109 Å². The number of carbonyl (C=O) groups excluding carboxylic acids is 2. The molecule has 7 nitrogen and oxygen atoms in total. The van der Waals surface area contributed by atoms with Crippen LogP contribution in [0.1, 0.15) is 95.8 Å². The van der Waals surface area contributed by atoms with E-state index in [0.717, 1.165) is 44.2 Å². The third-order valence-corrected chi connectivity index (χ3v) is 13.7. The first-order chi connectivity index (χ1) is 22.2. The van der Waals surface area contributed by atoms with Gasteiger partial charge in [-0.15, -0.1) is 0 Å². The molecule has 1 heterocycles. The Labute approximate surface area is 276 Å². The van der Waals surface area contributed by atoms with Crippen molar-refractivity contribution in [3.63, 3.8) is 0 Å². The summed E-state index contributed by atoms with van der Waals surface area (Å²) >= 11 is 0. The van der Waals surface area contributed by atoms with Gasteiger partial charge in [-0.2, -0.15) is 0 Å².